The second-order valence-electron chi connectivity index (χ2n) is 6.15. The smallest absolute Gasteiger partial charge is 0.307 e. The van der Waals surface area contributed by atoms with Gasteiger partial charge in [-0.05, 0) is 31.7 Å². The fourth-order valence-corrected chi connectivity index (χ4v) is 2.95. The van der Waals surface area contributed by atoms with Crippen LogP contribution in [0.25, 0.3) is 0 Å². The Labute approximate surface area is 155 Å². The number of carbonyl (C=O) groups is 1. The number of hydrogen-bond acceptors (Lipinski definition) is 5. The van der Waals surface area contributed by atoms with Crippen molar-refractivity contribution >= 4 is 11.9 Å². The van der Waals surface area contributed by atoms with Crippen LogP contribution in [0.1, 0.15) is 37.7 Å². The van der Waals surface area contributed by atoms with Gasteiger partial charge < -0.3 is 24.8 Å². The molecule has 7 nitrogen and oxygen atoms in total. The minimum atomic E-state index is -0.256. The number of nitrogens with zero attached hydrogens (tertiary/aromatic N) is 1. The Balaban J connectivity index is 1.97. The lowest BCUT2D eigenvalue weighted by Gasteiger charge is -2.20. The van der Waals surface area contributed by atoms with Crippen molar-refractivity contribution in [3.8, 4) is 11.5 Å². The lowest BCUT2D eigenvalue weighted by molar-refractivity contribution is -0.140. The van der Waals surface area contributed by atoms with E-state index in [2.05, 4.69) is 20.4 Å². The second kappa shape index (κ2) is 10.5. The highest BCUT2D eigenvalue weighted by Crippen LogP contribution is 2.34. The van der Waals surface area contributed by atoms with Crippen molar-refractivity contribution in [3.63, 3.8) is 0 Å². The van der Waals surface area contributed by atoms with Crippen LogP contribution in [-0.4, -0.2) is 45.8 Å². The molecule has 0 aromatic heterocycles. The normalized spacial score (nSPS) is 14.8. The summed E-state index contributed by atoms with van der Waals surface area (Å²) in [7, 11) is 4.72. The molecule has 0 saturated heterocycles. The number of carbonyl (C=O) groups excluding carboxylic acids is 1. The molecule has 1 aliphatic rings. The monoisotopic (exact) mass is 363 g/mol. The van der Waals surface area contributed by atoms with E-state index >= 15 is 0 Å². The molecule has 1 saturated carbocycles. The molecule has 2 rings (SSSR count). The summed E-state index contributed by atoms with van der Waals surface area (Å²) in [6, 6.07) is 5.88. The van der Waals surface area contributed by atoms with Crippen LogP contribution >= 0.6 is 0 Å². The van der Waals surface area contributed by atoms with Crippen molar-refractivity contribution < 1.29 is 19.0 Å². The molecule has 1 aliphatic carbocycles. The second-order valence-corrected chi connectivity index (χ2v) is 6.15. The van der Waals surface area contributed by atoms with E-state index in [1.54, 1.807) is 14.2 Å². The van der Waals surface area contributed by atoms with Crippen molar-refractivity contribution in [2.75, 3.05) is 27.8 Å². The van der Waals surface area contributed by atoms with Crippen LogP contribution in [0.2, 0.25) is 0 Å². The third-order valence-electron chi connectivity index (χ3n) is 4.39. The molecule has 0 atom stereocenters. The van der Waals surface area contributed by atoms with E-state index in [0.29, 0.717) is 19.0 Å². The Kier molecular flexibility index (Phi) is 8.05. The van der Waals surface area contributed by atoms with Crippen molar-refractivity contribution in [1.82, 2.24) is 10.6 Å². The zero-order valence-electron chi connectivity index (χ0n) is 15.8. The summed E-state index contributed by atoms with van der Waals surface area (Å²) in [6.07, 6.45) is 5.13. The third kappa shape index (κ3) is 5.82. The molecule has 1 aromatic carbocycles. The maximum atomic E-state index is 11.2. The molecule has 0 amide bonds. The fraction of sp³-hybridized carbons (Fsp3) is 0.579. The molecular formula is C19H29N3O4. The van der Waals surface area contributed by atoms with E-state index in [-0.39, 0.29) is 18.5 Å². The van der Waals surface area contributed by atoms with Gasteiger partial charge in [0, 0.05) is 25.7 Å². The Bertz CT molecular complexity index is 613. The zero-order valence-corrected chi connectivity index (χ0v) is 15.8. The topological polar surface area (TPSA) is 81.2 Å². The average molecular weight is 363 g/mol. The van der Waals surface area contributed by atoms with Gasteiger partial charge in [-0.25, -0.2) is 0 Å². The number of ether oxygens (including phenoxy) is 3. The van der Waals surface area contributed by atoms with Crippen LogP contribution in [0, 0.1) is 0 Å². The molecule has 0 aliphatic heterocycles. The van der Waals surface area contributed by atoms with E-state index in [1.807, 2.05) is 18.2 Å². The van der Waals surface area contributed by atoms with Crippen molar-refractivity contribution in [1.29, 1.82) is 0 Å². The van der Waals surface area contributed by atoms with Crippen LogP contribution < -0.4 is 20.1 Å². The number of esters is 1. The van der Waals surface area contributed by atoms with Crippen LogP contribution in [0.5, 0.6) is 11.5 Å². The van der Waals surface area contributed by atoms with E-state index < -0.39 is 0 Å². The quantitative estimate of drug-likeness (QED) is 0.419. The average Bonchev–Trinajstić information content (AvgIpc) is 3.18. The van der Waals surface area contributed by atoms with Crippen LogP contribution in [0.15, 0.2) is 23.2 Å². The number of hydrogen-bond donors (Lipinski definition) is 2. The predicted molar refractivity (Wildman–Crippen MR) is 101 cm³/mol. The summed E-state index contributed by atoms with van der Waals surface area (Å²) >= 11 is 0. The van der Waals surface area contributed by atoms with E-state index in [1.165, 1.54) is 20.0 Å². The minimum absolute atomic E-state index is 0.252. The first-order chi connectivity index (χ1) is 12.7. The summed E-state index contributed by atoms with van der Waals surface area (Å²) in [5.74, 6) is 1.89. The van der Waals surface area contributed by atoms with Crippen LogP contribution in [0.3, 0.4) is 0 Å². The summed E-state index contributed by atoms with van der Waals surface area (Å²) < 4.78 is 16.3. The molecule has 26 heavy (non-hydrogen) atoms. The first kappa shape index (κ1) is 19.9. The highest BCUT2D eigenvalue weighted by molar-refractivity contribution is 5.80. The fourth-order valence-electron chi connectivity index (χ4n) is 2.95. The lowest BCUT2D eigenvalue weighted by Crippen LogP contribution is -2.38. The number of methoxy groups -OCH3 is 2. The molecule has 144 valence electrons. The standard InChI is InChI=1S/C19H29N3O4/c1-20-19(21-12-11-17(23)25-3)22-13-14-7-6-10-16(24-2)18(14)26-15-8-4-5-9-15/h6-7,10,15H,4-5,8-9,11-13H2,1-3H3,(H2,20,21,22). The SMILES string of the molecule is CN=C(NCCC(=O)OC)NCc1cccc(OC)c1OC1CCCC1. The molecule has 1 aromatic rings. The number of nitrogens with one attached hydrogen (secondary N) is 2. The molecule has 0 spiro atoms. The molecule has 0 unspecified atom stereocenters. The molecule has 1 fully saturated rings. The summed E-state index contributed by atoms with van der Waals surface area (Å²) in [5, 5.41) is 6.34. The maximum absolute atomic E-state index is 11.2. The Hall–Kier alpha value is -2.44. The molecule has 0 radical (unpaired) electrons. The highest BCUT2D eigenvalue weighted by Gasteiger charge is 2.20. The van der Waals surface area contributed by atoms with Gasteiger partial charge in [-0.1, -0.05) is 12.1 Å². The van der Waals surface area contributed by atoms with E-state index in [9.17, 15) is 4.79 Å². The van der Waals surface area contributed by atoms with Gasteiger partial charge in [-0.15, -0.1) is 0 Å². The van der Waals surface area contributed by atoms with Crippen LogP contribution in [0.4, 0.5) is 0 Å². The van der Waals surface area contributed by atoms with Gasteiger partial charge in [0.25, 0.3) is 0 Å². The summed E-state index contributed by atoms with van der Waals surface area (Å²) in [4.78, 5) is 15.4. The number of benzene rings is 1. The van der Waals surface area contributed by atoms with Gasteiger partial charge in [0.1, 0.15) is 0 Å². The molecule has 7 heteroatoms. The Morgan fingerprint density at radius 2 is 2.00 bits per heavy atom. The minimum Gasteiger partial charge on any atom is -0.493 e. The molecule has 0 bridgehead atoms. The highest BCUT2D eigenvalue weighted by atomic mass is 16.5. The zero-order chi connectivity index (χ0) is 18.8. The maximum Gasteiger partial charge on any atom is 0.307 e. The number of para-hydroxylation sites is 1. The van der Waals surface area contributed by atoms with Crippen LogP contribution in [-0.2, 0) is 16.1 Å². The van der Waals surface area contributed by atoms with Gasteiger partial charge in [0.05, 0.1) is 26.7 Å². The van der Waals surface area contributed by atoms with Gasteiger partial charge in [0.15, 0.2) is 17.5 Å². The Morgan fingerprint density at radius 3 is 2.65 bits per heavy atom. The number of rotatable bonds is 8. The third-order valence-corrected chi connectivity index (χ3v) is 4.39. The van der Waals surface area contributed by atoms with E-state index in [0.717, 1.165) is 29.9 Å². The van der Waals surface area contributed by atoms with Gasteiger partial charge in [-0.3, -0.25) is 9.79 Å². The van der Waals surface area contributed by atoms with Gasteiger partial charge in [-0.2, -0.15) is 0 Å². The van der Waals surface area contributed by atoms with Crippen molar-refractivity contribution in [3.05, 3.63) is 23.8 Å². The first-order valence-corrected chi connectivity index (χ1v) is 9.01. The van der Waals surface area contributed by atoms with E-state index in [4.69, 9.17) is 9.47 Å². The molecule has 2 N–H and O–H groups in total. The first-order valence-electron chi connectivity index (χ1n) is 9.01. The largest absolute Gasteiger partial charge is 0.493 e. The lowest BCUT2D eigenvalue weighted by atomic mass is 10.1. The molecular weight excluding hydrogens is 334 g/mol. The number of guanidine groups is 1. The van der Waals surface area contributed by atoms with Gasteiger partial charge >= 0.3 is 5.97 Å². The summed E-state index contributed by atoms with van der Waals surface area (Å²) in [5.41, 5.74) is 1.01. The number of aliphatic imine (C=N–C) groups is 1. The van der Waals surface area contributed by atoms with Gasteiger partial charge in [0.2, 0.25) is 0 Å². The summed E-state index contributed by atoms with van der Waals surface area (Å²) in [6.45, 7) is 0.993. The molecule has 0 heterocycles. The Morgan fingerprint density at radius 1 is 1.23 bits per heavy atom. The van der Waals surface area contributed by atoms with Crippen molar-refractivity contribution in [2.45, 2.75) is 44.8 Å². The van der Waals surface area contributed by atoms with Crippen molar-refractivity contribution in [2.24, 2.45) is 4.99 Å². The predicted octanol–water partition coefficient (Wildman–Crippen LogP) is 2.24.